The topological polar surface area (TPSA) is 101 Å². The molecular weight excluding hydrogens is 472 g/mol. The number of aromatic amines is 1. The number of hydrogen-bond acceptors (Lipinski definition) is 5. The smallest absolute Gasteiger partial charge is 0.336 e. The summed E-state index contributed by atoms with van der Waals surface area (Å²) in [6, 6.07) is 24.5. The molecule has 0 unspecified atom stereocenters. The standard InChI is InChI=1S/C28H24N4O3S/c1-17(2)25-29-23-24(26(33)30-31-27(23)36-20-8-4-3-5-9-20)32(25)16-18-12-14-19(15-13-18)21-10-6-7-11-22(21)28(34)35/h3-15,17H,16H2,1-2H3,(H,30,33)(H,34,35). The summed E-state index contributed by atoms with van der Waals surface area (Å²) >= 11 is 1.46. The van der Waals surface area contributed by atoms with E-state index in [0.29, 0.717) is 28.2 Å². The molecule has 8 heteroatoms. The van der Waals surface area contributed by atoms with Gasteiger partial charge in [-0.15, -0.1) is 0 Å². The maximum absolute atomic E-state index is 12.9. The summed E-state index contributed by atoms with van der Waals surface area (Å²) < 4.78 is 1.95. The second-order valence-corrected chi connectivity index (χ2v) is 9.79. The Hall–Kier alpha value is -4.17. The van der Waals surface area contributed by atoms with Crippen molar-refractivity contribution >= 4 is 28.8 Å². The van der Waals surface area contributed by atoms with E-state index in [1.165, 1.54) is 11.8 Å². The molecule has 0 aliphatic rings. The zero-order valence-corrected chi connectivity index (χ0v) is 20.6. The number of nitrogens with one attached hydrogen (secondary N) is 1. The van der Waals surface area contributed by atoms with Gasteiger partial charge in [0.25, 0.3) is 5.56 Å². The van der Waals surface area contributed by atoms with E-state index in [0.717, 1.165) is 21.8 Å². The molecule has 5 rings (SSSR count). The highest BCUT2D eigenvalue weighted by atomic mass is 32.2. The van der Waals surface area contributed by atoms with E-state index >= 15 is 0 Å². The van der Waals surface area contributed by atoms with E-state index in [9.17, 15) is 14.7 Å². The molecule has 2 aromatic heterocycles. The Labute approximate surface area is 211 Å². The first kappa shape index (κ1) is 23.6. The lowest BCUT2D eigenvalue weighted by atomic mass is 9.98. The van der Waals surface area contributed by atoms with Crippen LogP contribution in [0.15, 0.2) is 93.6 Å². The van der Waals surface area contributed by atoms with Gasteiger partial charge in [-0.3, -0.25) is 4.79 Å². The van der Waals surface area contributed by atoms with Gasteiger partial charge < -0.3 is 9.67 Å². The molecule has 2 heterocycles. The molecule has 0 fully saturated rings. The predicted molar refractivity (Wildman–Crippen MR) is 141 cm³/mol. The minimum Gasteiger partial charge on any atom is -0.478 e. The first-order valence-corrected chi connectivity index (χ1v) is 12.4. The number of aromatic carboxylic acids is 1. The summed E-state index contributed by atoms with van der Waals surface area (Å²) in [6.45, 7) is 4.55. The van der Waals surface area contributed by atoms with Crippen LogP contribution in [0.25, 0.3) is 22.2 Å². The van der Waals surface area contributed by atoms with Gasteiger partial charge in [0.15, 0.2) is 0 Å². The maximum atomic E-state index is 12.9. The zero-order valence-electron chi connectivity index (χ0n) is 19.8. The molecule has 0 saturated heterocycles. The second kappa shape index (κ2) is 9.83. The minimum atomic E-state index is -0.960. The number of fused-ring (bicyclic) bond motifs is 1. The van der Waals surface area contributed by atoms with Crippen LogP contribution in [0.1, 0.15) is 41.5 Å². The van der Waals surface area contributed by atoms with Crippen LogP contribution in [0.5, 0.6) is 0 Å². The van der Waals surface area contributed by atoms with E-state index in [-0.39, 0.29) is 17.0 Å². The number of imidazole rings is 1. The molecule has 0 spiro atoms. The summed E-state index contributed by atoms with van der Waals surface area (Å²) in [6.07, 6.45) is 0. The van der Waals surface area contributed by atoms with Gasteiger partial charge in [-0.25, -0.2) is 14.9 Å². The Bertz CT molecular complexity index is 1610. The minimum absolute atomic E-state index is 0.0908. The van der Waals surface area contributed by atoms with Crippen molar-refractivity contribution in [1.29, 1.82) is 0 Å². The molecule has 0 aliphatic carbocycles. The van der Waals surface area contributed by atoms with Gasteiger partial charge in [0, 0.05) is 17.4 Å². The van der Waals surface area contributed by atoms with E-state index in [2.05, 4.69) is 24.0 Å². The van der Waals surface area contributed by atoms with Crippen molar-refractivity contribution in [2.45, 2.75) is 36.2 Å². The van der Waals surface area contributed by atoms with Crippen LogP contribution in [0.2, 0.25) is 0 Å². The fourth-order valence-electron chi connectivity index (χ4n) is 4.22. The number of carboxylic acids is 1. The number of hydrogen-bond donors (Lipinski definition) is 2. The van der Waals surface area contributed by atoms with Gasteiger partial charge >= 0.3 is 5.97 Å². The molecule has 3 aromatic carbocycles. The number of nitrogens with zero attached hydrogens (tertiary/aromatic N) is 3. The Morgan fingerprint density at radius 2 is 1.69 bits per heavy atom. The maximum Gasteiger partial charge on any atom is 0.336 e. The van der Waals surface area contributed by atoms with Crippen LogP contribution in [-0.4, -0.2) is 30.8 Å². The van der Waals surface area contributed by atoms with Crippen molar-refractivity contribution in [3.63, 3.8) is 0 Å². The van der Waals surface area contributed by atoms with Gasteiger partial charge in [0.05, 0.1) is 5.56 Å². The number of carbonyl (C=O) groups is 1. The third-order valence-corrected chi connectivity index (χ3v) is 6.90. The summed E-state index contributed by atoms with van der Waals surface area (Å²) in [5, 5.41) is 17.1. The van der Waals surface area contributed by atoms with Crippen molar-refractivity contribution in [2.75, 3.05) is 0 Å². The molecule has 0 aliphatic heterocycles. The monoisotopic (exact) mass is 496 g/mol. The van der Waals surface area contributed by atoms with E-state index in [1.807, 2.05) is 65.2 Å². The lowest BCUT2D eigenvalue weighted by molar-refractivity contribution is 0.0697. The van der Waals surface area contributed by atoms with Gasteiger partial charge in [0.2, 0.25) is 0 Å². The highest BCUT2D eigenvalue weighted by Crippen LogP contribution is 2.32. The van der Waals surface area contributed by atoms with Gasteiger partial charge in [-0.05, 0) is 34.9 Å². The average molecular weight is 497 g/mol. The normalized spacial score (nSPS) is 11.3. The number of H-pyrrole nitrogens is 1. The van der Waals surface area contributed by atoms with Crippen molar-refractivity contribution in [1.82, 2.24) is 19.7 Å². The van der Waals surface area contributed by atoms with Crippen LogP contribution in [0, 0.1) is 0 Å². The summed E-state index contributed by atoms with van der Waals surface area (Å²) in [5.74, 6) is -0.0649. The average Bonchev–Trinajstić information content (AvgIpc) is 3.27. The largest absolute Gasteiger partial charge is 0.478 e. The van der Waals surface area contributed by atoms with Crippen molar-refractivity contribution in [2.24, 2.45) is 0 Å². The summed E-state index contributed by atoms with van der Waals surface area (Å²) in [7, 11) is 0. The second-order valence-electron chi connectivity index (χ2n) is 8.73. The Kier molecular flexibility index (Phi) is 6.43. The molecule has 0 atom stereocenters. The third kappa shape index (κ3) is 4.55. The first-order chi connectivity index (χ1) is 17.4. The van der Waals surface area contributed by atoms with E-state index in [1.54, 1.807) is 18.2 Å². The van der Waals surface area contributed by atoms with Crippen LogP contribution in [0.4, 0.5) is 0 Å². The molecule has 5 aromatic rings. The predicted octanol–water partition coefficient (Wildman–Crippen LogP) is 5.81. The van der Waals surface area contributed by atoms with E-state index in [4.69, 9.17) is 4.98 Å². The quantitative estimate of drug-likeness (QED) is 0.295. The van der Waals surface area contributed by atoms with Crippen LogP contribution < -0.4 is 5.56 Å². The molecule has 36 heavy (non-hydrogen) atoms. The van der Waals surface area contributed by atoms with Gasteiger partial charge in [-0.1, -0.05) is 86.3 Å². The highest BCUT2D eigenvalue weighted by molar-refractivity contribution is 7.99. The summed E-state index contributed by atoms with van der Waals surface area (Å²) in [4.78, 5) is 30.4. The van der Waals surface area contributed by atoms with Crippen LogP contribution in [0.3, 0.4) is 0 Å². The van der Waals surface area contributed by atoms with Crippen molar-refractivity contribution in [3.8, 4) is 11.1 Å². The van der Waals surface area contributed by atoms with Gasteiger partial charge in [0.1, 0.15) is 21.9 Å². The van der Waals surface area contributed by atoms with Gasteiger partial charge in [-0.2, -0.15) is 5.10 Å². The summed E-state index contributed by atoms with van der Waals surface area (Å²) in [5.41, 5.74) is 3.51. The van der Waals surface area contributed by atoms with Crippen molar-refractivity contribution < 1.29 is 9.90 Å². The van der Waals surface area contributed by atoms with Crippen LogP contribution in [-0.2, 0) is 6.54 Å². The number of aromatic nitrogens is 4. The molecular formula is C28H24N4O3S. The molecule has 0 bridgehead atoms. The van der Waals surface area contributed by atoms with E-state index < -0.39 is 5.97 Å². The molecule has 7 nitrogen and oxygen atoms in total. The number of rotatable bonds is 7. The SMILES string of the molecule is CC(C)c1nc2c(Sc3ccccc3)n[nH]c(=O)c2n1Cc1ccc(-c2ccccc2C(=O)O)cc1. The molecule has 2 N–H and O–H groups in total. The molecule has 0 radical (unpaired) electrons. The molecule has 180 valence electrons. The Morgan fingerprint density at radius 3 is 2.39 bits per heavy atom. The highest BCUT2D eigenvalue weighted by Gasteiger charge is 2.21. The lowest BCUT2D eigenvalue weighted by Gasteiger charge is -2.12. The first-order valence-electron chi connectivity index (χ1n) is 11.6. The Morgan fingerprint density at radius 1 is 1.00 bits per heavy atom. The fraction of sp³-hybridized carbons (Fsp3) is 0.143. The molecule has 0 saturated carbocycles. The number of benzene rings is 3. The Balaban J connectivity index is 1.54. The van der Waals surface area contributed by atoms with Crippen LogP contribution >= 0.6 is 11.8 Å². The lowest BCUT2D eigenvalue weighted by Crippen LogP contribution is -2.15. The van der Waals surface area contributed by atoms with Crippen molar-refractivity contribution in [3.05, 3.63) is 106 Å². The molecule has 0 amide bonds. The zero-order chi connectivity index (χ0) is 25.2. The third-order valence-electron chi connectivity index (χ3n) is 5.91. The fourth-order valence-corrected chi connectivity index (χ4v) is 5.07. The number of carboxylic acid groups (broad SMARTS) is 1.